The molecule has 104 valence electrons. The van der Waals surface area contributed by atoms with Crippen molar-refractivity contribution in [3.63, 3.8) is 0 Å². The molecule has 0 heterocycles. The van der Waals surface area contributed by atoms with Gasteiger partial charge >= 0.3 is 0 Å². The van der Waals surface area contributed by atoms with Crippen LogP contribution in [0.4, 0.5) is 4.39 Å². The van der Waals surface area contributed by atoms with E-state index in [1.807, 2.05) is 19.1 Å². The number of rotatable bonds is 3. The predicted octanol–water partition coefficient (Wildman–Crippen LogP) is 4.93. The number of nitrogens with one attached hydrogen (secondary N) is 1. The summed E-state index contributed by atoms with van der Waals surface area (Å²) in [6.45, 7) is 2.02. The highest BCUT2D eigenvalue weighted by atomic mass is 79.9. The molecular formula is C17H17BrFN. The Bertz CT molecular complexity index is 626. The molecule has 0 aliphatic heterocycles. The molecule has 0 saturated carbocycles. The van der Waals surface area contributed by atoms with Crippen LogP contribution in [0.3, 0.4) is 0 Å². The summed E-state index contributed by atoms with van der Waals surface area (Å²) in [6, 6.07) is 13.7. The molecular weight excluding hydrogens is 317 g/mol. The molecule has 0 bridgehead atoms. The standard InChI is InChI=1S/C17H17BrFN/c1-11(14-4-2-3-5-16(14)19)20-17-9-6-12-10-13(18)7-8-15(12)17/h2-5,7-8,10-11,17,20H,6,9H2,1H3. The number of hydrogen-bond acceptors (Lipinski definition) is 1. The van der Waals surface area contributed by atoms with Gasteiger partial charge in [0.05, 0.1) is 0 Å². The lowest BCUT2D eigenvalue weighted by Crippen LogP contribution is -2.23. The van der Waals surface area contributed by atoms with Crippen molar-refractivity contribution in [3.05, 3.63) is 69.4 Å². The fraction of sp³-hybridized carbons (Fsp3) is 0.294. The van der Waals surface area contributed by atoms with Crippen LogP contribution in [0.5, 0.6) is 0 Å². The molecule has 2 unspecified atom stereocenters. The maximum Gasteiger partial charge on any atom is 0.127 e. The van der Waals surface area contributed by atoms with Gasteiger partial charge in [-0.3, -0.25) is 0 Å². The van der Waals surface area contributed by atoms with Crippen molar-refractivity contribution < 1.29 is 4.39 Å². The van der Waals surface area contributed by atoms with Crippen LogP contribution in [0.1, 0.15) is 42.1 Å². The highest BCUT2D eigenvalue weighted by Crippen LogP contribution is 2.34. The van der Waals surface area contributed by atoms with E-state index in [4.69, 9.17) is 0 Å². The molecule has 0 aromatic heterocycles. The highest BCUT2D eigenvalue weighted by Gasteiger charge is 2.24. The molecule has 3 heteroatoms. The van der Waals surface area contributed by atoms with Crippen LogP contribution in [-0.4, -0.2) is 0 Å². The molecule has 1 nitrogen and oxygen atoms in total. The molecule has 1 aliphatic rings. The van der Waals surface area contributed by atoms with Crippen LogP contribution in [0.2, 0.25) is 0 Å². The third-order valence-electron chi connectivity index (χ3n) is 4.01. The normalized spacial score (nSPS) is 18.9. The first kappa shape index (κ1) is 13.8. The van der Waals surface area contributed by atoms with E-state index >= 15 is 0 Å². The molecule has 0 amide bonds. The maximum atomic E-state index is 13.8. The Kier molecular flexibility index (Phi) is 3.90. The van der Waals surface area contributed by atoms with Crippen LogP contribution in [-0.2, 0) is 6.42 Å². The molecule has 1 aliphatic carbocycles. The summed E-state index contributed by atoms with van der Waals surface area (Å²) in [7, 11) is 0. The Labute approximate surface area is 127 Å². The SMILES string of the molecule is CC(NC1CCc2cc(Br)ccc21)c1ccccc1F. The minimum atomic E-state index is -0.137. The van der Waals surface area contributed by atoms with Gasteiger partial charge in [0, 0.05) is 22.1 Å². The average Bonchev–Trinajstić information content (AvgIpc) is 2.81. The molecule has 0 spiro atoms. The second-order valence-electron chi connectivity index (χ2n) is 5.34. The molecule has 3 rings (SSSR count). The Morgan fingerprint density at radius 1 is 1.25 bits per heavy atom. The minimum absolute atomic E-state index is 0.01000. The smallest absolute Gasteiger partial charge is 0.127 e. The molecule has 0 radical (unpaired) electrons. The van der Waals surface area contributed by atoms with E-state index in [1.54, 1.807) is 6.07 Å². The van der Waals surface area contributed by atoms with Crippen molar-refractivity contribution >= 4 is 15.9 Å². The zero-order valence-electron chi connectivity index (χ0n) is 11.4. The first-order valence-corrected chi connectivity index (χ1v) is 7.73. The van der Waals surface area contributed by atoms with E-state index < -0.39 is 0 Å². The zero-order valence-corrected chi connectivity index (χ0v) is 13.0. The van der Waals surface area contributed by atoms with E-state index in [-0.39, 0.29) is 11.9 Å². The Morgan fingerprint density at radius 3 is 2.85 bits per heavy atom. The Balaban J connectivity index is 1.79. The lowest BCUT2D eigenvalue weighted by molar-refractivity contribution is 0.450. The topological polar surface area (TPSA) is 12.0 Å². The second-order valence-corrected chi connectivity index (χ2v) is 6.26. The fourth-order valence-corrected chi connectivity index (χ4v) is 3.39. The molecule has 1 N–H and O–H groups in total. The van der Waals surface area contributed by atoms with Gasteiger partial charge in [0.2, 0.25) is 0 Å². The fourth-order valence-electron chi connectivity index (χ4n) is 2.98. The van der Waals surface area contributed by atoms with Gasteiger partial charge in [-0.15, -0.1) is 0 Å². The van der Waals surface area contributed by atoms with Gasteiger partial charge in [0.25, 0.3) is 0 Å². The van der Waals surface area contributed by atoms with Crippen LogP contribution in [0.15, 0.2) is 46.9 Å². The van der Waals surface area contributed by atoms with Crippen molar-refractivity contribution in [3.8, 4) is 0 Å². The van der Waals surface area contributed by atoms with E-state index in [0.29, 0.717) is 6.04 Å². The van der Waals surface area contributed by atoms with E-state index in [9.17, 15) is 4.39 Å². The van der Waals surface area contributed by atoms with Gasteiger partial charge in [0.15, 0.2) is 0 Å². The molecule has 2 aromatic rings. The first-order chi connectivity index (χ1) is 9.65. The molecule has 0 fully saturated rings. The summed E-state index contributed by atoms with van der Waals surface area (Å²) in [5.41, 5.74) is 3.46. The van der Waals surface area contributed by atoms with E-state index in [0.717, 1.165) is 22.9 Å². The third kappa shape index (κ3) is 2.65. The third-order valence-corrected chi connectivity index (χ3v) is 4.50. The quantitative estimate of drug-likeness (QED) is 0.839. The van der Waals surface area contributed by atoms with Crippen molar-refractivity contribution in [1.82, 2.24) is 5.32 Å². The lowest BCUT2D eigenvalue weighted by Gasteiger charge is -2.21. The number of fused-ring (bicyclic) bond motifs is 1. The second kappa shape index (κ2) is 5.66. The number of benzene rings is 2. The highest BCUT2D eigenvalue weighted by molar-refractivity contribution is 9.10. The molecule has 2 atom stereocenters. The minimum Gasteiger partial charge on any atom is -0.303 e. The van der Waals surface area contributed by atoms with E-state index in [2.05, 4.69) is 39.4 Å². The van der Waals surface area contributed by atoms with Gasteiger partial charge in [0.1, 0.15) is 5.82 Å². The van der Waals surface area contributed by atoms with Gasteiger partial charge in [-0.05, 0) is 49.1 Å². The predicted molar refractivity (Wildman–Crippen MR) is 83.2 cm³/mol. The van der Waals surface area contributed by atoms with Crippen molar-refractivity contribution in [2.24, 2.45) is 0 Å². The first-order valence-electron chi connectivity index (χ1n) is 6.94. The van der Waals surface area contributed by atoms with Gasteiger partial charge in [-0.25, -0.2) is 4.39 Å². The zero-order chi connectivity index (χ0) is 14.1. The number of aryl methyl sites for hydroxylation is 1. The molecule has 2 aromatic carbocycles. The number of halogens is 2. The Hall–Kier alpha value is -1.19. The van der Waals surface area contributed by atoms with Gasteiger partial charge in [-0.1, -0.05) is 40.2 Å². The largest absolute Gasteiger partial charge is 0.303 e. The summed E-state index contributed by atoms with van der Waals surface area (Å²) in [5, 5.41) is 3.56. The summed E-state index contributed by atoms with van der Waals surface area (Å²) < 4.78 is 14.9. The van der Waals surface area contributed by atoms with Crippen LogP contribution in [0.25, 0.3) is 0 Å². The Morgan fingerprint density at radius 2 is 2.05 bits per heavy atom. The lowest BCUT2D eigenvalue weighted by atomic mass is 10.0. The molecule has 0 saturated heterocycles. The van der Waals surface area contributed by atoms with Crippen LogP contribution >= 0.6 is 15.9 Å². The summed E-state index contributed by atoms with van der Waals surface area (Å²) in [5.74, 6) is -0.137. The maximum absolute atomic E-state index is 13.8. The van der Waals surface area contributed by atoms with Crippen molar-refractivity contribution in [2.75, 3.05) is 0 Å². The van der Waals surface area contributed by atoms with Crippen molar-refractivity contribution in [2.45, 2.75) is 31.8 Å². The van der Waals surface area contributed by atoms with Crippen LogP contribution in [0, 0.1) is 5.82 Å². The average molecular weight is 334 g/mol. The number of hydrogen-bond donors (Lipinski definition) is 1. The summed E-state index contributed by atoms with van der Waals surface area (Å²) >= 11 is 3.51. The monoisotopic (exact) mass is 333 g/mol. The molecule has 20 heavy (non-hydrogen) atoms. The van der Waals surface area contributed by atoms with Crippen LogP contribution < -0.4 is 5.32 Å². The van der Waals surface area contributed by atoms with Gasteiger partial charge < -0.3 is 5.32 Å². The van der Waals surface area contributed by atoms with Gasteiger partial charge in [-0.2, -0.15) is 0 Å². The van der Waals surface area contributed by atoms with E-state index in [1.165, 1.54) is 17.2 Å². The summed E-state index contributed by atoms with van der Waals surface area (Å²) in [4.78, 5) is 0. The summed E-state index contributed by atoms with van der Waals surface area (Å²) in [6.07, 6.45) is 2.15. The van der Waals surface area contributed by atoms with Crippen molar-refractivity contribution in [1.29, 1.82) is 0 Å².